The van der Waals surface area contributed by atoms with Gasteiger partial charge < -0.3 is 19.9 Å². The van der Waals surface area contributed by atoms with Crippen LogP contribution in [-0.4, -0.2) is 41.7 Å². The second-order valence-electron chi connectivity index (χ2n) is 5.38. The minimum Gasteiger partial charge on any atom is -0.486 e. The van der Waals surface area contributed by atoms with Crippen LogP contribution in [0.4, 0.5) is 0 Å². The van der Waals surface area contributed by atoms with Crippen molar-refractivity contribution in [3.63, 3.8) is 0 Å². The number of carboxylic acid groups (broad SMARTS) is 1. The highest BCUT2D eigenvalue weighted by Gasteiger charge is 2.17. The molecule has 1 aromatic heterocycles. The number of aryl methyl sites for hydroxylation is 1. The Labute approximate surface area is 149 Å². The first-order valence-electron chi connectivity index (χ1n) is 7.63. The summed E-state index contributed by atoms with van der Waals surface area (Å²) >= 11 is 1.41. The number of nitrogens with one attached hydrogen (secondary N) is 1. The maximum atomic E-state index is 11.8. The summed E-state index contributed by atoms with van der Waals surface area (Å²) in [5, 5.41) is 13.9. The molecule has 1 unspecified atom stereocenters. The Kier molecular flexibility index (Phi) is 6.91. The van der Waals surface area contributed by atoms with Crippen molar-refractivity contribution in [2.75, 3.05) is 13.7 Å². The predicted molar refractivity (Wildman–Crippen MR) is 92.8 cm³/mol. The molecule has 25 heavy (non-hydrogen) atoms. The number of hydrogen-bond acceptors (Lipinski definition) is 6. The maximum Gasteiger partial charge on any atom is 0.334 e. The lowest BCUT2D eigenvalue weighted by molar-refractivity contribution is -0.148. The SMILES string of the molecule is COC(CNC(=O)Cc1csc(COc2ccc(C)cc2)n1)C(=O)O. The molecule has 2 rings (SSSR count). The minimum absolute atomic E-state index is 0.0804. The van der Waals surface area contributed by atoms with Gasteiger partial charge >= 0.3 is 5.97 Å². The highest BCUT2D eigenvalue weighted by atomic mass is 32.1. The van der Waals surface area contributed by atoms with Crippen LogP contribution in [0.15, 0.2) is 29.6 Å². The minimum atomic E-state index is -1.12. The van der Waals surface area contributed by atoms with Gasteiger partial charge in [-0.1, -0.05) is 17.7 Å². The summed E-state index contributed by atoms with van der Waals surface area (Å²) in [4.78, 5) is 27.0. The molecule has 1 aromatic carbocycles. The molecule has 2 N–H and O–H groups in total. The lowest BCUT2D eigenvalue weighted by Gasteiger charge is -2.10. The summed E-state index contributed by atoms with van der Waals surface area (Å²) in [6.45, 7) is 2.26. The number of rotatable bonds is 9. The van der Waals surface area contributed by atoms with E-state index in [-0.39, 0.29) is 18.9 Å². The third-order valence-electron chi connectivity index (χ3n) is 3.37. The fraction of sp³-hybridized carbons (Fsp3) is 0.353. The molecule has 0 saturated heterocycles. The molecule has 0 aliphatic heterocycles. The van der Waals surface area contributed by atoms with E-state index in [4.69, 9.17) is 14.6 Å². The number of carbonyl (C=O) groups is 2. The largest absolute Gasteiger partial charge is 0.486 e. The molecule has 0 radical (unpaired) electrons. The Hall–Kier alpha value is -2.45. The number of aliphatic carboxylic acids is 1. The van der Waals surface area contributed by atoms with Crippen molar-refractivity contribution in [3.8, 4) is 5.75 Å². The molecular formula is C17H20N2O5S. The Morgan fingerprint density at radius 3 is 2.68 bits per heavy atom. The Morgan fingerprint density at radius 1 is 1.32 bits per heavy atom. The van der Waals surface area contributed by atoms with Crippen LogP contribution in [0.5, 0.6) is 5.75 Å². The number of benzene rings is 1. The average molecular weight is 364 g/mol. The molecule has 1 atom stereocenters. The predicted octanol–water partition coefficient (Wildman–Crippen LogP) is 1.79. The van der Waals surface area contributed by atoms with Crippen LogP contribution < -0.4 is 10.1 Å². The second kappa shape index (κ2) is 9.14. The Balaban J connectivity index is 1.79. The van der Waals surface area contributed by atoms with E-state index in [0.717, 1.165) is 16.3 Å². The number of methoxy groups -OCH3 is 1. The van der Waals surface area contributed by atoms with Crippen LogP contribution in [0.25, 0.3) is 0 Å². The number of carboxylic acids is 1. The zero-order valence-electron chi connectivity index (χ0n) is 14.0. The maximum absolute atomic E-state index is 11.8. The van der Waals surface area contributed by atoms with Gasteiger partial charge in [0.1, 0.15) is 17.4 Å². The summed E-state index contributed by atoms with van der Waals surface area (Å²) in [6.07, 6.45) is -0.977. The summed E-state index contributed by atoms with van der Waals surface area (Å²) < 4.78 is 10.4. The second-order valence-corrected chi connectivity index (χ2v) is 6.32. The molecule has 2 aromatic rings. The van der Waals surface area contributed by atoms with E-state index in [1.54, 1.807) is 5.38 Å². The molecule has 0 aliphatic carbocycles. The lowest BCUT2D eigenvalue weighted by Crippen LogP contribution is -2.38. The van der Waals surface area contributed by atoms with E-state index in [2.05, 4.69) is 10.3 Å². The van der Waals surface area contributed by atoms with E-state index in [9.17, 15) is 9.59 Å². The molecule has 0 bridgehead atoms. The van der Waals surface area contributed by atoms with Gasteiger partial charge in [0.05, 0.1) is 18.7 Å². The zero-order chi connectivity index (χ0) is 18.2. The number of ether oxygens (including phenoxy) is 2. The number of hydrogen-bond donors (Lipinski definition) is 2. The van der Waals surface area contributed by atoms with Crippen LogP contribution in [0, 0.1) is 6.92 Å². The average Bonchev–Trinajstić information content (AvgIpc) is 3.02. The smallest absolute Gasteiger partial charge is 0.334 e. The van der Waals surface area contributed by atoms with Gasteiger partial charge in [0, 0.05) is 12.5 Å². The van der Waals surface area contributed by atoms with Gasteiger partial charge in [0.15, 0.2) is 6.10 Å². The topological polar surface area (TPSA) is 97.8 Å². The van der Waals surface area contributed by atoms with E-state index >= 15 is 0 Å². The van der Waals surface area contributed by atoms with Gasteiger partial charge in [-0.25, -0.2) is 9.78 Å². The molecule has 7 nitrogen and oxygen atoms in total. The number of nitrogens with zero attached hydrogens (tertiary/aromatic N) is 1. The molecule has 1 amide bonds. The standard InChI is InChI=1S/C17H20N2O5S/c1-11-3-5-13(6-4-11)24-9-16-19-12(10-25-16)7-15(20)18-8-14(23-2)17(21)22/h3-6,10,14H,7-9H2,1-2H3,(H,18,20)(H,21,22). The molecular weight excluding hydrogens is 344 g/mol. The summed E-state index contributed by atoms with van der Waals surface area (Å²) in [5.74, 6) is -0.661. The molecule has 0 aliphatic rings. The van der Waals surface area contributed by atoms with Gasteiger partial charge in [-0.15, -0.1) is 11.3 Å². The van der Waals surface area contributed by atoms with Crippen LogP contribution in [0.1, 0.15) is 16.3 Å². The van der Waals surface area contributed by atoms with E-state index in [0.29, 0.717) is 12.3 Å². The van der Waals surface area contributed by atoms with Crippen LogP contribution in [0.2, 0.25) is 0 Å². The molecule has 8 heteroatoms. The van der Waals surface area contributed by atoms with Gasteiger partial charge in [-0.05, 0) is 19.1 Å². The summed E-state index contributed by atoms with van der Waals surface area (Å²) in [7, 11) is 1.28. The highest BCUT2D eigenvalue weighted by Crippen LogP contribution is 2.16. The van der Waals surface area contributed by atoms with E-state index in [1.165, 1.54) is 18.4 Å². The number of aromatic nitrogens is 1. The van der Waals surface area contributed by atoms with Crippen molar-refractivity contribution in [2.45, 2.75) is 26.1 Å². The van der Waals surface area contributed by atoms with Crippen LogP contribution >= 0.6 is 11.3 Å². The fourth-order valence-corrected chi connectivity index (χ4v) is 2.69. The Bertz CT molecular complexity index is 714. The van der Waals surface area contributed by atoms with Gasteiger partial charge in [-0.2, -0.15) is 0 Å². The van der Waals surface area contributed by atoms with Crippen molar-refractivity contribution < 1.29 is 24.2 Å². The van der Waals surface area contributed by atoms with Crippen LogP contribution in [0.3, 0.4) is 0 Å². The quantitative estimate of drug-likeness (QED) is 0.704. The Morgan fingerprint density at radius 2 is 2.04 bits per heavy atom. The van der Waals surface area contributed by atoms with Crippen LogP contribution in [-0.2, 0) is 27.4 Å². The van der Waals surface area contributed by atoms with Crippen molar-refractivity contribution in [1.29, 1.82) is 0 Å². The van der Waals surface area contributed by atoms with Crippen molar-refractivity contribution in [2.24, 2.45) is 0 Å². The number of carbonyl (C=O) groups excluding carboxylic acids is 1. The third-order valence-corrected chi connectivity index (χ3v) is 4.24. The molecule has 0 spiro atoms. The zero-order valence-corrected chi connectivity index (χ0v) is 14.8. The monoisotopic (exact) mass is 364 g/mol. The molecule has 0 saturated carbocycles. The fourth-order valence-electron chi connectivity index (χ4n) is 1.98. The molecule has 1 heterocycles. The van der Waals surface area contributed by atoms with E-state index in [1.807, 2.05) is 31.2 Å². The van der Waals surface area contributed by atoms with E-state index < -0.39 is 12.1 Å². The first-order valence-corrected chi connectivity index (χ1v) is 8.51. The normalized spacial score (nSPS) is 11.8. The third kappa shape index (κ3) is 6.17. The molecule has 0 fully saturated rings. The van der Waals surface area contributed by atoms with Crippen molar-refractivity contribution in [3.05, 3.63) is 45.9 Å². The first-order chi connectivity index (χ1) is 12.0. The summed E-state index contributed by atoms with van der Waals surface area (Å²) in [5.41, 5.74) is 1.78. The highest BCUT2D eigenvalue weighted by molar-refractivity contribution is 7.09. The van der Waals surface area contributed by atoms with Gasteiger partial charge in [-0.3, -0.25) is 4.79 Å². The van der Waals surface area contributed by atoms with Crippen molar-refractivity contribution in [1.82, 2.24) is 10.3 Å². The number of thiazole rings is 1. The molecule has 134 valence electrons. The lowest BCUT2D eigenvalue weighted by atomic mass is 10.2. The van der Waals surface area contributed by atoms with Gasteiger partial charge in [0.25, 0.3) is 0 Å². The number of amides is 1. The van der Waals surface area contributed by atoms with Crippen molar-refractivity contribution >= 4 is 23.2 Å². The first kappa shape index (κ1) is 18.9. The van der Waals surface area contributed by atoms with Gasteiger partial charge in [0.2, 0.25) is 5.91 Å². The summed E-state index contributed by atoms with van der Waals surface area (Å²) in [6, 6.07) is 7.73.